The molecule has 0 saturated heterocycles. The monoisotopic (exact) mass is 508 g/mol. The fraction of sp³-hybridized carbons (Fsp3) is 0.385. The minimum absolute atomic E-state index is 0.113. The molecule has 1 aliphatic rings. The first kappa shape index (κ1) is 25.8. The Labute approximate surface area is 215 Å². The molecule has 3 amide bonds. The van der Waals surface area contributed by atoms with Crippen LogP contribution in [0.5, 0.6) is 11.5 Å². The van der Waals surface area contributed by atoms with E-state index in [2.05, 4.69) is 20.6 Å². The van der Waals surface area contributed by atoms with Crippen molar-refractivity contribution >= 4 is 17.7 Å². The Kier molecular flexibility index (Phi) is 8.11. The number of nitrogens with zero attached hydrogens (tertiary/aromatic N) is 3. The molecule has 0 radical (unpaired) electrons. The lowest BCUT2D eigenvalue weighted by molar-refractivity contribution is -0.130. The van der Waals surface area contributed by atoms with E-state index in [4.69, 9.17) is 9.47 Å². The van der Waals surface area contributed by atoms with Gasteiger partial charge in [-0.2, -0.15) is 0 Å². The summed E-state index contributed by atoms with van der Waals surface area (Å²) in [6.07, 6.45) is 5.18. The molecule has 2 aromatic heterocycles. The summed E-state index contributed by atoms with van der Waals surface area (Å²) in [6.45, 7) is 4.56. The van der Waals surface area contributed by atoms with E-state index in [1.807, 2.05) is 36.7 Å². The number of hydrogen-bond donors (Lipinski definition) is 3. The van der Waals surface area contributed by atoms with Crippen molar-refractivity contribution in [2.75, 3.05) is 33.4 Å². The van der Waals surface area contributed by atoms with E-state index in [-0.39, 0.29) is 37.4 Å². The number of methoxy groups -OCH3 is 1. The molecule has 0 spiro atoms. The lowest BCUT2D eigenvalue weighted by Crippen LogP contribution is -2.53. The molecule has 2 bridgehead atoms. The number of H-pyrrole nitrogens is 1. The number of aromatic nitrogens is 3. The summed E-state index contributed by atoms with van der Waals surface area (Å²) in [6, 6.07) is 8.11. The minimum Gasteiger partial charge on any atom is -0.493 e. The minimum atomic E-state index is -0.747. The van der Waals surface area contributed by atoms with Crippen LogP contribution in [0.3, 0.4) is 0 Å². The van der Waals surface area contributed by atoms with Gasteiger partial charge in [0.1, 0.15) is 30.7 Å². The lowest BCUT2D eigenvalue weighted by atomic mass is 10.0. The average Bonchev–Trinajstić information content (AvgIpc) is 3.58. The summed E-state index contributed by atoms with van der Waals surface area (Å²) < 4.78 is 13.4. The molecule has 3 N–H and O–H groups in total. The van der Waals surface area contributed by atoms with Crippen LogP contribution < -0.4 is 20.1 Å². The molecular weight excluding hydrogens is 476 g/mol. The van der Waals surface area contributed by atoms with E-state index in [0.29, 0.717) is 36.1 Å². The molecule has 0 unspecified atom stereocenters. The SMILES string of the molecule is COc1ccc2cc1OCCN(C(=O)c1ccc[nH]1)CC(=O)N[C@H](C(C)C)C(=O)NCCn1ccnc1-2. The Balaban J connectivity index is 1.65. The number of nitrogens with one attached hydrogen (secondary N) is 3. The summed E-state index contributed by atoms with van der Waals surface area (Å²) in [5.74, 6) is 0.509. The second-order valence-electron chi connectivity index (χ2n) is 9.05. The van der Waals surface area contributed by atoms with Crippen molar-refractivity contribution in [3.8, 4) is 22.9 Å². The van der Waals surface area contributed by atoms with Gasteiger partial charge in [0.2, 0.25) is 11.8 Å². The van der Waals surface area contributed by atoms with Crippen LogP contribution >= 0.6 is 0 Å². The number of imidazole rings is 1. The summed E-state index contributed by atoms with van der Waals surface area (Å²) >= 11 is 0. The fourth-order valence-electron chi connectivity index (χ4n) is 4.17. The molecule has 0 fully saturated rings. The number of rotatable bonds is 3. The number of aromatic amines is 1. The predicted molar refractivity (Wildman–Crippen MR) is 136 cm³/mol. The van der Waals surface area contributed by atoms with Crippen molar-refractivity contribution < 1.29 is 23.9 Å². The zero-order valence-electron chi connectivity index (χ0n) is 21.2. The van der Waals surface area contributed by atoms with E-state index >= 15 is 0 Å². The molecule has 11 nitrogen and oxygen atoms in total. The number of hydrogen-bond acceptors (Lipinski definition) is 6. The van der Waals surface area contributed by atoms with Crippen LogP contribution in [0.2, 0.25) is 0 Å². The average molecular weight is 509 g/mol. The molecule has 3 aromatic rings. The fourth-order valence-corrected chi connectivity index (χ4v) is 4.17. The third-order valence-corrected chi connectivity index (χ3v) is 6.12. The van der Waals surface area contributed by atoms with Gasteiger partial charge in [-0.25, -0.2) is 4.98 Å². The number of ether oxygens (including phenoxy) is 2. The molecule has 4 rings (SSSR count). The third-order valence-electron chi connectivity index (χ3n) is 6.12. The maximum Gasteiger partial charge on any atom is 0.270 e. The molecule has 37 heavy (non-hydrogen) atoms. The number of carbonyl (C=O) groups excluding carboxylic acids is 3. The summed E-state index contributed by atoms with van der Waals surface area (Å²) in [5.41, 5.74) is 1.16. The predicted octanol–water partition coefficient (Wildman–Crippen LogP) is 1.68. The Hall–Kier alpha value is -4.28. The van der Waals surface area contributed by atoms with Gasteiger partial charge in [0.15, 0.2) is 11.5 Å². The highest BCUT2D eigenvalue weighted by molar-refractivity contribution is 5.96. The van der Waals surface area contributed by atoms with E-state index in [1.54, 1.807) is 37.7 Å². The second-order valence-corrected chi connectivity index (χ2v) is 9.05. The van der Waals surface area contributed by atoms with Crippen LogP contribution in [0.15, 0.2) is 48.9 Å². The standard InChI is InChI=1S/C26H32N6O5/c1-17(2)23-25(34)29-10-12-31-11-9-28-24(31)18-6-7-20(36-3)21(15-18)37-14-13-32(16-22(33)30-23)26(35)19-5-4-8-27-19/h4-9,11,15,17,23,27H,10,12-14,16H2,1-3H3,(H,29,34)(H,30,33)/t23-/m1/s1. The third kappa shape index (κ3) is 6.11. The molecule has 196 valence electrons. The van der Waals surface area contributed by atoms with E-state index in [9.17, 15) is 14.4 Å². The lowest BCUT2D eigenvalue weighted by Gasteiger charge is -2.25. The highest BCUT2D eigenvalue weighted by Crippen LogP contribution is 2.32. The van der Waals surface area contributed by atoms with Gasteiger partial charge in [0.25, 0.3) is 5.91 Å². The maximum atomic E-state index is 13.1. The number of fused-ring (bicyclic) bond motifs is 4. The van der Waals surface area contributed by atoms with Crippen molar-refractivity contribution in [3.05, 3.63) is 54.6 Å². The molecule has 1 atom stereocenters. The molecule has 1 aromatic carbocycles. The van der Waals surface area contributed by atoms with Crippen LogP contribution in [0.4, 0.5) is 0 Å². The Morgan fingerprint density at radius 2 is 2.05 bits per heavy atom. The van der Waals surface area contributed by atoms with E-state index in [0.717, 1.165) is 5.56 Å². The molecule has 11 heteroatoms. The van der Waals surface area contributed by atoms with Gasteiger partial charge in [-0.3, -0.25) is 14.4 Å². The maximum absolute atomic E-state index is 13.1. The van der Waals surface area contributed by atoms with Gasteiger partial charge in [-0.1, -0.05) is 13.8 Å². The molecule has 0 saturated carbocycles. The highest BCUT2D eigenvalue weighted by Gasteiger charge is 2.27. The Morgan fingerprint density at radius 3 is 2.78 bits per heavy atom. The van der Waals surface area contributed by atoms with Crippen molar-refractivity contribution in [1.29, 1.82) is 0 Å². The first-order valence-electron chi connectivity index (χ1n) is 12.2. The second kappa shape index (κ2) is 11.6. The van der Waals surface area contributed by atoms with Crippen LogP contribution in [-0.2, 0) is 16.1 Å². The van der Waals surface area contributed by atoms with Crippen LogP contribution in [-0.4, -0.2) is 76.5 Å². The smallest absolute Gasteiger partial charge is 0.270 e. The quantitative estimate of drug-likeness (QED) is 0.494. The van der Waals surface area contributed by atoms with Crippen LogP contribution in [0.1, 0.15) is 24.3 Å². The van der Waals surface area contributed by atoms with Gasteiger partial charge in [0, 0.05) is 37.2 Å². The van der Waals surface area contributed by atoms with Gasteiger partial charge < -0.3 is 34.6 Å². The van der Waals surface area contributed by atoms with Crippen molar-refractivity contribution in [2.24, 2.45) is 5.92 Å². The van der Waals surface area contributed by atoms with Gasteiger partial charge >= 0.3 is 0 Å². The molecule has 0 aliphatic carbocycles. The van der Waals surface area contributed by atoms with Gasteiger partial charge in [-0.05, 0) is 36.2 Å². The topological polar surface area (TPSA) is 131 Å². The zero-order valence-corrected chi connectivity index (χ0v) is 21.2. The van der Waals surface area contributed by atoms with Crippen molar-refractivity contribution in [1.82, 2.24) is 30.1 Å². The first-order valence-corrected chi connectivity index (χ1v) is 12.2. The van der Waals surface area contributed by atoms with Crippen molar-refractivity contribution in [2.45, 2.75) is 26.4 Å². The van der Waals surface area contributed by atoms with E-state index < -0.39 is 11.9 Å². The van der Waals surface area contributed by atoms with Crippen LogP contribution in [0, 0.1) is 5.92 Å². The van der Waals surface area contributed by atoms with Gasteiger partial charge in [-0.15, -0.1) is 0 Å². The zero-order chi connectivity index (χ0) is 26.4. The van der Waals surface area contributed by atoms with Crippen molar-refractivity contribution in [3.63, 3.8) is 0 Å². The molecular formula is C26H32N6O5. The highest BCUT2D eigenvalue weighted by atomic mass is 16.5. The molecule has 3 heterocycles. The Bertz CT molecular complexity index is 1240. The van der Waals surface area contributed by atoms with Crippen LogP contribution in [0.25, 0.3) is 11.4 Å². The summed E-state index contributed by atoms with van der Waals surface area (Å²) in [4.78, 5) is 47.8. The Morgan fingerprint density at radius 1 is 1.22 bits per heavy atom. The normalized spacial score (nSPS) is 17.3. The number of carbonyl (C=O) groups is 3. The number of benzene rings is 1. The molecule has 1 aliphatic heterocycles. The first-order chi connectivity index (χ1) is 17.9. The largest absolute Gasteiger partial charge is 0.493 e. The summed E-state index contributed by atoms with van der Waals surface area (Å²) in [5, 5.41) is 5.70. The van der Waals surface area contributed by atoms with Gasteiger partial charge in [0.05, 0.1) is 13.7 Å². The number of amides is 3. The van der Waals surface area contributed by atoms with E-state index in [1.165, 1.54) is 4.90 Å². The summed E-state index contributed by atoms with van der Waals surface area (Å²) in [7, 11) is 1.55.